The lowest BCUT2D eigenvalue weighted by Crippen LogP contribution is -2.28. The first-order chi connectivity index (χ1) is 9.07. The zero-order valence-electron chi connectivity index (χ0n) is 10.2. The number of nitrogen functional groups attached to an aromatic ring is 1. The molecule has 0 saturated heterocycles. The Balaban J connectivity index is 2.48. The number of hydrogen-bond donors (Lipinski definition) is 2. The summed E-state index contributed by atoms with van der Waals surface area (Å²) in [5, 5.41) is 0. The molecule has 0 spiro atoms. The molecule has 0 atom stereocenters. The van der Waals surface area contributed by atoms with Crippen molar-refractivity contribution in [3.8, 4) is 0 Å². The second-order valence-electron chi connectivity index (χ2n) is 3.65. The summed E-state index contributed by atoms with van der Waals surface area (Å²) in [7, 11) is -2.35. The molecule has 0 bridgehead atoms. The van der Waals surface area contributed by atoms with Gasteiger partial charge in [-0.15, -0.1) is 0 Å². The maximum Gasteiger partial charge on any atom is 0.268 e. The van der Waals surface area contributed by atoms with Crippen LogP contribution in [0.3, 0.4) is 0 Å². The van der Waals surface area contributed by atoms with E-state index in [1.54, 1.807) is 18.2 Å². The van der Waals surface area contributed by atoms with Gasteiger partial charge in [-0.25, -0.2) is 24.2 Å². The van der Waals surface area contributed by atoms with Crippen molar-refractivity contribution in [1.82, 2.24) is 9.97 Å². The van der Waals surface area contributed by atoms with Gasteiger partial charge in [0.2, 0.25) is 0 Å². The van der Waals surface area contributed by atoms with E-state index in [1.807, 2.05) is 0 Å². The van der Waals surface area contributed by atoms with Gasteiger partial charge in [0, 0.05) is 19.4 Å². The van der Waals surface area contributed by atoms with Gasteiger partial charge in [0.15, 0.2) is 5.82 Å². The highest BCUT2D eigenvalue weighted by atomic mass is 32.2. The molecule has 2 aromatic rings. The highest BCUT2D eigenvalue weighted by Gasteiger charge is 2.25. The summed E-state index contributed by atoms with van der Waals surface area (Å²) in [6.45, 7) is 0. The van der Waals surface area contributed by atoms with Crippen LogP contribution in [0.25, 0.3) is 0 Å². The number of hydrazine groups is 1. The lowest BCUT2D eigenvalue weighted by Gasteiger charge is -2.19. The maximum atomic E-state index is 12.5. The molecule has 0 aromatic carbocycles. The Labute approximate surface area is 111 Å². The lowest BCUT2D eigenvalue weighted by atomic mass is 10.5. The number of hydrogen-bond acceptors (Lipinski definition) is 6. The van der Waals surface area contributed by atoms with Crippen LogP contribution in [-0.2, 0) is 10.0 Å². The van der Waals surface area contributed by atoms with Gasteiger partial charge >= 0.3 is 0 Å². The summed E-state index contributed by atoms with van der Waals surface area (Å²) in [5.41, 5.74) is 2.27. The molecule has 0 radical (unpaired) electrons. The Kier molecular flexibility index (Phi) is 3.63. The predicted octanol–water partition coefficient (Wildman–Crippen LogP) is 0.587. The second kappa shape index (κ2) is 5.21. The number of nitrogens with one attached hydrogen (secondary N) is 1. The van der Waals surface area contributed by atoms with Crippen molar-refractivity contribution < 1.29 is 8.42 Å². The smallest absolute Gasteiger partial charge is 0.268 e. The molecule has 8 heteroatoms. The Morgan fingerprint density at radius 3 is 2.53 bits per heavy atom. The molecule has 2 heterocycles. The second-order valence-corrected chi connectivity index (χ2v) is 5.59. The zero-order valence-corrected chi connectivity index (χ0v) is 11.0. The lowest BCUT2D eigenvalue weighted by molar-refractivity contribution is 0.594. The molecule has 0 saturated carbocycles. The quantitative estimate of drug-likeness (QED) is 0.627. The Bertz CT molecular complexity index is 660. The van der Waals surface area contributed by atoms with Gasteiger partial charge < -0.3 is 5.43 Å². The molecule has 100 valence electrons. The molecular weight excluding hydrogens is 266 g/mol. The molecule has 0 amide bonds. The first-order valence-corrected chi connectivity index (χ1v) is 6.83. The summed E-state index contributed by atoms with van der Waals surface area (Å²) < 4.78 is 26.0. The molecule has 3 N–H and O–H groups in total. The average Bonchev–Trinajstić information content (AvgIpc) is 2.47. The van der Waals surface area contributed by atoms with Crippen molar-refractivity contribution in [3.05, 3.63) is 42.7 Å². The highest BCUT2D eigenvalue weighted by Crippen LogP contribution is 2.23. The van der Waals surface area contributed by atoms with Crippen molar-refractivity contribution in [1.29, 1.82) is 0 Å². The molecule has 0 aliphatic heterocycles. The molecular formula is C11H13N5O2S. The average molecular weight is 279 g/mol. The van der Waals surface area contributed by atoms with Crippen LogP contribution in [-0.4, -0.2) is 25.4 Å². The molecule has 0 aliphatic rings. The van der Waals surface area contributed by atoms with Crippen LogP contribution < -0.4 is 15.6 Å². The van der Waals surface area contributed by atoms with Crippen LogP contribution >= 0.6 is 0 Å². The molecule has 2 aromatic heterocycles. The van der Waals surface area contributed by atoms with Gasteiger partial charge in [-0.1, -0.05) is 6.07 Å². The van der Waals surface area contributed by atoms with Crippen molar-refractivity contribution in [2.45, 2.75) is 4.90 Å². The zero-order chi connectivity index (χ0) is 13.9. The monoisotopic (exact) mass is 279 g/mol. The number of sulfonamides is 1. The number of aromatic nitrogens is 2. The molecule has 19 heavy (non-hydrogen) atoms. The minimum absolute atomic E-state index is 0.00865. The highest BCUT2D eigenvalue weighted by molar-refractivity contribution is 7.93. The van der Waals surface area contributed by atoms with Crippen LogP contribution in [0.1, 0.15) is 0 Å². The predicted molar refractivity (Wildman–Crippen MR) is 71.9 cm³/mol. The summed E-state index contributed by atoms with van der Waals surface area (Å²) in [6.07, 6.45) is 2.97. The van der Waals surface area contributed by atoms with Gasteiger partial charge in [0.1, 0.15) is 10.7 Å². The summed E-state index contributed by atoms with van der Waals surface area (Å²) in [6, 6.07) is 7.97. The first kappa shape index (κ1) is 13.2. The van der Waals surface area contributed by atoms with E-state index in [0.29, 0.717) is 5.82 Å². The summed E-state index contributed by atoms with van der Waals surface area (Å²) >= 11 is 0. The normalized spacial score (nSPS) is 11.1. The fourth-order valence-corrected chi connectivity index (χ4v) is 2.77. The van der Waals surface area contributed by atoms with E-state index in [-0.39, 0.29) is 10.7 Å². The van der Waals surface area contributed by atoms with Gasteiger partial charge in [-0.3, -0.25) is 4.31 Å². The molecule has 7 nitrogen and oxygen atoms in total. The summed E-state index contributed by atoms with van der Waals surface area (Å²) in [5.74, 6) is 5.68. The van der Waals surface area contributed by atoms with Gasteiger partial charge in [0.25, 0.3) is 10.0 Å². The minimum atomic E-state index is -3.77. The largest absolute Gasteiger partial charge is 0.307 e. The van der Waals surface area contributed by atoms with E-state index in [9.17, 15) is 8.42 Å². The van der Waals surface area contributed by atoms with Crippen LogP contribution in [0.4, 0.5) is 11.6 Å². The Morgan fingerprint density at radius 2 is 1.89 bits per heavy atom. The fraction of sp³-hybridized carbons (Fsp3) is 0.0909. The number of nitrogens with two attached hydrogens (primary N) is 1. The SMILES string of the molecule is CN(c1ccccn1)S(=O)(=O)c1cccnc1NN. The van der Waals surface area contributed by atoms with Crippen LogP contribution in [0.2, 0.25) is 0 Å². The van der Waals surface area contributed by atoms with Crippen LogP contribution in [0.15, 0.2) is 47.6 Å². The van der Waals surface area contributed by atoms with E-state index in [2.05, 4.69) is 15.4 Å². The third-order valence-electron chi connectivity index (χ3n) is 2.52. The number of nitrogens with zero attached hydrogens (tertiary/aromatic N) is 3. The topological polar surface area (TPSA) is 101 Å². The van der Waals surface area contributed by atoms with E-state index in [1.165, 1.54) is 31.6 Å². The van der Waals surface area contributed by atoms with Gasteiger partial charge in [0.05, 0.1) is 0 Å². The fourth-order valence-electron chi connectivity index (χ4n) is 1.52. The Morgan fingerprint density at radius 1 is 1.16 bits per heavy atom. The number of rotatable bonds is 4. The Hall–Kier alpha value is -2.19. The van der Waals surface area contributed by atoms with Gasteiger partial charge in [-0.2, -0.15) is 0 Å². The van der Waals surface area contributed by atoms with Gasteiger partial charge in [-0.05, 0) is 24.3 Å². The summed E-state index contributed by atoms with van der Waals surface area (Å²) in [4.78, 5) is 7.87. The van der Waals surface area contributed by atoms with E-state index in [4.69, 9.17) is 5.84 Å². The molecule has 0 unspecified atom stereocenters. The van der Waals surface area contributed by atoms with Crippen molar-refractivity contribution >= 4 is 21.7 Å². The molecule has 0 aliphatic carbocycles. The van der Waals surface area contributed by atoms with Crippen molar-refractivity contribution in [2.24, 2.45) is 5.84 Å². The first-order valence-electron chi connectivity index (χ1n) is 5.39. The molecule has 2 rings (SSSR count). The minimum Gasteiger partial charge on any atom is -0.307 e. The third kappa shape index (κ3) is 2.49. The van der Waals surface area contributed by atoms with Crippen LogP contribution in [0.5, 0.6) is 0 Å². The number of pyridine rings is 2. The van der Waals surface area contributed by atoms with Crippen molar-refractivity contribution in [3.63, 3.8) is 0 Å². The maximum absolute atomic E-state index is 12.5. The van der Waals surface area contributed by atoms with Crippen molar-refractivity contribution in [2.75, 3.05) is 16.8 Å². The van der Waals surface area contributed by atoms with E-state index >= 15 is 0 Å². The standard InChI is InChI=1S/C11H13N5O2S/c1-16(10-6-2-3-7-13-10)19(17,18)9-5-4-8-14-11(9)15-12/h2-8H,12H2,1H3,(H,14,15). The van der Waals surface area contributed by atoms with E-state index < -0.39 is 10.0 Å². The third-order valence-corrected chi connectivity index (χ3v) is 4.31. The molecule has 0 fully saturated rings. The van der Waals surface area contributed by atoms with E-state index in [0.717, 1.165) is 4.31 Å². The number of anilines is 2. The van der Waals surface area contributed by atoms with Crippen LogP contribution in [0, 0.1) is 0 Å².